The van der Waals surface area contributed by atoms with E-state index in [1.165, 1.54) is 23.5 Å². The molecule has 2 fully saturated rings. The third kappa shape index (κ3) is 4.74. The molecule has 6 nitrogen and oxygen atoms in total. The number of fused-ring (bicyclic) bond motifs is 1. The van der Waals surface area contributed by atoms with Crippen LogP contribution in [0, 0.1) is 17.6 Å². The van der Waals surface area contributed by atoms with E-state index in [0.717, 1.165) is 29.0 Å². The second kappa shape index (κ2) is 9.65. The molecule has 1 saturated carbocycles. The maximum absolute atomic E-state index is 14.9. The monoisotopic (exact) mass is 508 g/mol. The van der Waals surface area contributed by atoms with Gasteiger partial charge in [-0.2, -0.15) is 4.39 Å². The number of carbonyl (C=O) groups excluding carboxylic acids is 1. The predicted octanol–water partition coefficient (Wildman–Crippen LogP) is 6.39. The normalized spacial score (nSPS) is 16.1. The van der Waals surface area contributed by atoms with Gasteiger partial charge in [-0.15, -0.1) is 11.3 Å². The number of ether oxygens (including phenoxy) is 3. The van der Waals surface area contributed by atoms with Crippen molar-refractivity contribution in [1.29, 1.82) is 0 Å². The Morgan fingerprint density at radius 2 is 1.86 bits per heavy atom. The van der Waals surface area contributed by atoms with Crippen LogP contribution in [0.25, 0.3) is 20.8 Å². The Bertz CT molecular complexity index is 1430. The summed E-state index contributed by atoms with van der Waals surface area (Å²) in [6, 6.07) is 10.1. The zero-order valence-corrected chi connectivity index (χ0v) is 20.0. The highest BCUT2D eigenvalue weighted by Crippen LogP contribution is 2.40. The largest absolute Gasteiger partial charge is 0.453 e. The summed E-state index contributed by atoms with van der Waals surface area (Å²) in [7, 11) is 0. The van der Waals surface area contributed by atoms with Gasteiger partial charge >= 0.3 is 0 Å². The summed E-state index contributed by atoms with van der Waals surface area (Å²) in [5, 5.41) is 0. The maximum atomic E-state index is 14.9. The van der Waals surface area contributed by atoms with Crippen molar-refractivity contribution in [2.24, 2.45) is 5.92 Å². The van der Waals surface area contributed by atoms with Gasteiger partial charge in [-0.25, -0.2) is 4.39 Å². The first kappa shape index (κ1) is 23.1. The Kier molecular flexibility index (Phi) is 6.20. The Morgan fingerprint density at radius 3 is 2.61 bits per heavy atom. The smallest absolute Gasteiger partial charge is 0.201 e. The highest BCUT2D eigenvalue weighted by molar-refractivity contribution is 7.22. The quantitative estimate of drug-likeness (QED) is 0.275. The molecule has 1 aliphatic heterocycles. The number of halogens is 2. The summed E-state index contributed by atoms with van der Waals surface area (Å²) >= 11 is 1.39. The fourth-order valence-electron chi connectivity index (χ4n) is 4.20. The molecule has 0 amide bonds. The van der Waals surface area contributed by atoms with Crippen molar-refractivity contribution in [3.8, 4) is 22.1 Å². The van der Waals surface area contributed by atoms with Crippen LogP contribution in [-0.2, 0) is 20.7 Å². The fraction of sp³-hybridized carbons (Fsp3) is 0.296. The molecular weight excluding hydrogens is 486 g/mol. The first-order valence-corrected chi connectivity index (χ1v) is 12.6. The van der Waals surface area contributed by atoms with Crippen LogP contribution in [0.15, 0.2) is 48.8 Å². The molecule has 0 radical (unpaired) electrons. The Hall–Kier alpha value is -3.27. The fourth-order valence-corrected chi connectivity index (χ4v) is 5.24. The maximum Gasteiger partial charge on any atom is 0.201 e. The molecule has 4 heterocycles. The van der Waals surface area contributed by atoms with Gasteiger partial charge in [0.05, 0.1) is 34.0 Å². The number of nitrogens with zero attached hydrogens (tertiary/aromatic N) is 2. The van der Waals surface area contributed by atoms with Crippen molar-refractivity contribution in [2.75, 3.05) is 13.2 Å². The first-order chi connectivity index (χ1) is 17.5. The van der Waals surface area contributed by atoms with Gasteiger partial charge in [-0.1, -0.05) is 12.1 Å². The molecule has 3 aromatic heterocycles. The van der Waals surface area contributed by atoms with E-state index in [2.05, 4.69) is 9.97 Å². The molecular formula is C27H22F2N2O4S. The molecule has 0 unspecified atom stereocenters. The summed E-state index contributed by atoms with van der Waals surface area (Å²) in [6.45, 7) is 1.12. The van der Waals surface area contributed by atoms with Gasteiger partial charge in [0.1, 0.15) is 11.5 Å². The minimum atomic E-state index is -1.11. The molecule has 4 aromatic rings. The third-order valence-electron chi connectivity index (χ3n) is 6.26. The lowest BCUT2D eigenvalue weighted by Gasteiger charge is -2.10. The molecule has 0 N–H and O–H groups in total. The van der Waals surface area contributed by atoms with Gasteiger partial charge < -0.3 is 14.2 Å². The van der Waals surface area contributed by atoms with E-state index < -0.39 is 17.9 Å². The molecule has 184 valence electrons. The molecule has 0 spiro atoms. The van der Waals surface area contributed by atoms with Crippen molar-refractivity contribution >= 4 is 27.3 Å². The van der Waals surface area contributed by atoms with Crippen LogP contribution in [0.5, 0.6) is 11.5 Å². The molecule has 36 heavy (non-hydrogen) atoms. The molecule has 1 aromatic carbocycles. The summed E-state index contributed by atoms with van der Waals surface area (Å²) in [6.07, 6.45) is 5.26. The van der Waals surface area contributed by atoms with E-state index in [1.54, 1.807) is 18.5 Å². The van der Waals surface area contributed by atoms with Crippen LogP contribution in [0.4, 0.5) is 8.78 Å². The number of hydrogen-bond donors (Lipinski definition) is 0. The molecule has 1 aliphatic carbocycles. The number of pyridine rings is 2. The molecule has 1 saturated heterocycles. The average Bonchev–Trinajstić information content (AvgIpc) is 3.34. The average molecular weight is 509 g/mol. The molecule has 9 heteroatoms. The molecule has 0 atom stereocenters. The first-order valence-electron chi connectivity index (χ1n) is 11.8. The SMILES string of the molecule is O=C(Cc1ccc(Oc2ccnc3cc(-c4ccc(C5OCCO5)cn4)sc23)c(F)c1F)CC1CC1. The summed E-state index contributed by atoms with van der Waals surface area (Å²) in [5.74, 6) is -1.71. The van der Waals surface area contributed by atoms with E-state index in [4.69, 9.17) is 14.2 Å². The van der Waals surface area contributed by atoms with Gasteiger partial charge in [0, 0.05) is 36.9 Å². The summed E-state index contributed by atoms with van der Waals surface area (Å²) < 4.78 is 47.1. The molecule has 0 bridgehead atoms. The number of ketones is 1. The second-order valence-electron chi connectivity index (χ2n) is 9.00. The van der Waals surface area contributed by atoms with Crippen molar-refractivity contribution in [1.82, 2.24) is 9.97 Å². The van der Waals surface area contributed by atoms with Gasteiger partial charge in [0.15, 0.2) is 17.9 Å². The van der Waals surface area contributed by atoms with Gasteiger partial charge in [0.25, 0.3) is 0 Å². The Balaban J connectivity index is 1.23. The lowest BCUT2D eigenvalue weighted by molar-refractivity contribution is -0.118. The second-order valence-corrected chi connectivity index (χ2v) is 10.1. The van der Waals surface area contributed by atoms with E-state index in [1.807, 2.05) is 18.2 Å². The van der Waals surface area contributed by atoms with Crippen molar-refractivity contribution in [2.45, 2.75) is 32.0 Å². The number of aromatic nitrogens is 2. The Labute approximate surface area is 209 Å². The van der Waals surface area contributed by atoms with Gasteiger partial charge in [0.2, 0.25) is 5.82 Å². The van der Waals surface area contributed by atoms with Crippen LogP contribution in [0.2, 0.25) is 0 Å². The van der Waals surface area contributed by atoms with Crippen molar-refractivity contribution < 1.29 is 27.8 Å². The minimum absolute atomic E-state index is 0.0479. The predicted molar refractivity (Wildman–Crippen MR) is 130 cm³/mol. The molecule has 2 aliphatic rings. The van der Waals surface area contributed by atoms with Crippen LogP contribution in [0.3, 0.4) is 0 Å². The lowest BCUT2D eigenvalue weighted by Crippen LogP contribution is -2.07. The summed E-state index contributed by atoms with van der Waals surface area (Å²) in [4.78, 5) is 21.9. The van der Waals surface area contributed by atoms with E-state index >= 15 is 0 Å². The van der Waals surface area contributed by atoms with E-state index in [9.17, 15) is 13.6 Å². The Morgan fingerprint density at radius 1 is 1.03 bits per heavy atom. The lowest BCUT2D eigenvalue weighted by atomic mass is 10.0. The standard InChI is InChI=1S/C27H22F2N2O4S/c28-24-16(12-18(32)11-15-1-2-15)4-6-21(25(24)29)35-22-7-8-30-20-13-23(36-26(20)22)19-5-3-17(14-31-19)27-33-9-10-34-27/h3-8,13-15,27H,1-2,9-12H2. The number of Topliss-reactive ketones (excluding diaryl/α,β-unsaturated/α-hetero) is 1. The third-order valence-corrected chi connectivity index (χ3v) is 7.42. The minimum Gasteiger partial charge on any atom is -0.453 e. The van der Waals surface area contributed by atoms with Crippen LogP contribution < -0.4 is 4.74 Å². The topological polar surface area (TPSA) is 70.5 Å². The van der Waals surface area contributed by atoms with Crippen molar-refractivity contribution in [3.05, 3.63) is 71.6 Å². The summed E-state index contributed by atoms with van der Waals surface area (Å²) in [5.41, 5.74) is 2.29. The zero-order chi connectivity index (χ0) is 24.6. The number of thiophene rings is 1. The van der Waals surface area contributed by atoms with E-state index in [-0.39, 0.29) is 23.5 Å². The van der Waals surface area contributed by atoms with Crippen molar-refractivity contribution in [3.63, 3.8) is 0 Å². The highest BCUT2D eigenvalue weighted by Gasteiger charge is 2.26. The van der Waals surface area contributed by atoms with E-state index in [0.29, 0.717) is 41.5 Å². The number of hydrogen-bond acceptors (Lipinski definition) is 7. The van der Waals surface area contributed by atoms with Gasteiger partial charge in [-0.3, -0.25) is 14.8 Å². The zero-order valence-electron chi connectivity index (χ0n) is 19.2. The van der Waals surface area contributed by atoms with Gasteiger partial charge in [-0.05, 0) is 42.5 Å². The van der Waals surface area contributed by atoms with Crippen LogP contribution in [-0.4, -0.2) is 29.0 Å². The van der Waals surface area contributed by atoms with Crippen LogP contribution in [0.1, 0.15) is 36.7 Å². The number of carbonyl (C=O) groups is 1. The molecule has 6 rings (SSSR count). The number of benzene rings is 1. The highest BCUT2D eigenvalue weighted by atomic mass is 32.1. The van der Waals surface area contributed by atoms with Crippen LogP contribution >= 0.6 is 11.3 Å². The number of rotatable bonds is 8.